The Morgan fingerprint density at radius 1 is 1.30 bits per heavy atom. The van der Waals surface area contributed by atoms with Gasteiger partial charge in [0, 0.05) is 18.0 Å². The maximum atomic E-state index is 11.7. The Bertz CT molecular complexity index is 564. The van der Waals surface area contributed by atoms with Gasteiger partial charge in [-0.15, -0.1) is 24.0 Å². The molecule has 1 aromatic carbocycles. The Balaban J connectivity index is 0.00000361. The summed E-state index contributed by atoms with van der Waals surface area (Å²) in [5, 5.41) is 2.86. The predicted octanol–water partition coefficient (Wildman–Crippen LogP) is 1.73. The van der Waals surface area contributed by atoms with E-state index in [1.807, 2.05) is 0 Å². The van der Waals surface area contributed by atoms with E-state index in [1.54, 1.807) is 0 Å². The number of carbonyl (C=O) groups is 1. The van der Waals surface area contributed by atoms with Crippen LogP contribution in [0.2, 0.25) is 5.02 Å². The molecular weight excluding hydrogens is 347 g/mol. The van der Waals surface area contributed by atoms with Crippen molar-refractivity contribution < 1.29 is 13.2 Å². The van der Waals surface area contributed by atoms with Gasteiger partial charge in [-0.3, -0.25) is 4.79 Å². The molecule has 0 aliphatic carbocycles. The summed E-state index contributed by atoms with van der Waals surface area (Å²) in [6.45, 7) is 0.0284. The van der Waals surface area contributed by atoms with Crippen molar-refractivity contribution in [2.75, 3.05) is 29.7 Å². The van der Waals surface area contributed by atoms with Crippen LogP contribution in [0.4, 0.5) is 5.69 Å². The van der Waals surface area contributed by atoms with Gasteiger partial charge >= 0.3 is 0 Å². The van der Waals surface area contributed by atoms with Gasteiger partial charge in [-0.05, 0) is 18.2 Å². The molecule has 0 aliphatic heterocycles. The third-order valence-corrected chi connectivity index (χ3v) is 4.75. The molecule has 1 aromatic rings. The van der Waals surface area contributed by atoms with Crippen molar-refractivity contribution in [3.63, 3.8) is 0 Å². The number of hydrogen-bond acceptors (Lipinski definition) is 4. The van der Waals surface area contributed by atoms with Crippen molar-refractivity contribution in [3.05, 3.63) is 28.8 Å². The van der Waals surface area contributed by atoms with Crippen molar-refractivity contribution in [3.8, 4) is 0 Å². The molecule has 9 heteroatoms. The molecule has 0 spiro atoms. The molecule has 0 bridgehead atoms. The smallest absolute Gasteiger partial charge is 0.251 e. The minimum Gasteiger partial charge on any atom is -0.398 e. The number of nitrogen functional groups attached to an aromatic ring is 1. The Morgan fingerprint density at radius 2 is 1.95 bits per heavy atom. The maximum Gasteiger partial charge on any atom is 0.251 e. The summed E-state index contributed by atoms with van der Waals surface area (Å²) in [4.78, 5) is 11.7. The van der Waals surface area contributed by atoms with Crippen LogP contribution < -0.4 is 11.1 Å². The molecule has 0 radical (unpaired) electrons. The molecule has 1 rings (SSSR count). The van der Waals surface area contributed by atoms with Crippen LogP contribution in [0, 0.1) is 0 Å². The first-order valence-corrected chi connectivity index (χ1v) is 8.19. The van der Waals surface area contributed by atoms with Gasteiger partial charge in [-0.25, -0.2) is 8.42 Å². The van der Waals surface area contributed by atoms with Gasteiger partial charge in [0.05, 0.1) is 22.2 Å². The quantitative estimate of drug-likeness (QED) is 0.596. The highest BCUT2D eigenvalue weighted by atomic mass is 35.5. The molecule has 1 amide bonds. The highest BCUT2D eigenvalue weighted by Crippen LogP contribution is 2.19. The topological polar surface area (TPSA) is 89.3 Å². The largest absolute Gasteiger partial charge is 0.398 e. The standard InChI is InChI=1S/C11H14Cl2N2O3S.ClH/c12-3-5-19(17,18)6-4-15-11(16)8-1-2-9(13)10(14)7-8;/h1-2,7H,3-6,14H2,(H,15,16);1H. The van der Waals surface area contributed by atoms with E-state index in [0.29, 0.717) is 16.3 Å². The summed E-state index contributed by atoms with van der Waals surface area (Å²) in [5.41, 5.74) is 6.20. The Kier molecular flexibility index (Phi) is 8.27. The molecule has 0 aliphatic rings. The molecule has 114 valence electrons. The van der Waals surface area contributed by atoms with Crippen LogP contribution in [0.15, 0.2) is 18.2 Å². The lowest BCUT2D eigenvalue weighted by Crippen LogP contribution is -2.30. The third kappa shape index (κ3) is 6.17. The second-order valence-electron chi connectivity index (χ2n) is 3.83. The van der Waals surface area contributed by atoms with Crippen LogP contribution in [0.1, 0.15) is 10.4 Å². The zero-order valence-corrected chi connectivity index (χ0v) is 13.6. The number of anilines is 1. The number of nitrogens with two attached hydrogens (primary N) is 1. The van der Waals surface area contributed by atoms with Crippen molar-refractivity contribution in [2.45, 2.75) is 0 Å². The summed E-state index contributed by atoms with van der Waals surface area (Å²) >= 11 is 11.1. The van der Waals surface area contributed by atoms with Gasteiger partial charge in [0.2, 0.25) is 0 Å². The Morgan fingerprint density at radius 3 is 2.50 bits per heavy atom. The normalized spacial score (nSPS) is 10.7. The lowest BCUT2D eigenvalue weighted by atomic mass is 10.2. The Hall–Kier alpha value is -0.690. The summed E-state index contributed by atoms with van der Waals surface area (Å²) in [7, 11) is -3.22. The van der Waals surface area contributed by atoms with Crippen LogP contribution >= 0.6 is 35.6 Å². The zero-order valence-electron chi connectivity index (χ0n) is 10.4. The van der Waals surface area contributed by atoms with E-state index in [1.165, 1.54) is 18.2 Å². The SMILES string of the molecule is Cl.Nc1cc(C(=O)NCCS(=O)(=O)CCCl)ccc1Cl. The van der Waals surface area contributed by atoms with Gasteiger partial charge in [0.1, 0.15) is 0 Å². The van der Waals surface area contributed by atoms with Crippen LogP contribution in [0.3, 0.4) is 0 Å². The molecule has 0 atom stereocenters. The van der Waals surface area contributed by atoms with Crippen molar-refractivity contribution in [2.24, 2.45) is 0 Å². The first-order valence-electron chi connectivity index (χ1n) is 5.45. The highest BCUT2D eigenvalue weighted by molar-refractivity contribution is 7.91. The Labute approximate surface area is 134 Å². The van der Waals surface area contributed by atoms with Crippen LogP contribution in [0.5, 0.6) is 0 Å². The summed E-state index contributed by atoms with van der Waals surface area (Å²) in [6, 6.07) is 4.46. The van der Waals surface area contributed by atoms with Gasteiger partial charge in [0.25, 0.3) is 5.91 Å². The van der Waals surface area contributed by atoms with Gasteiger partial charge in [-0.2, -0.15) is 0 Å². The minimum absolute atomic E-state index is 0. The van der Waals surface area contributed by atoms with Crippen molar-refractivity contribution in [1.82, 2.24) is 5.32 Å². The van der Waals surface area contributed by atoms with Gasteiger partial charge in [-0.1, -0.05) is 11.6 Å². The summed E-state index contributed by atoms with van der Waals surface area (Å²) in [5.74, 6) is -0.596. The number of rotatable bonds is 6. The maximum absolute atomic E-state index is 11.7. The zero-order chi connectivity index (χ0) is 14.5. The van der Waals surface area contributed by atoms with Gasteiger partial charge in [0.15, 0.2) is 9.84 Å². The molecule has 3 N–H and O–H groups in total. The van der Waals surface area contributed by atoms with Gasteiger partial charge < -0.3 is 11.1 Å². The summed E-state index contributed by atoms with van der Waals surface area (Å²) in [6.07, 6.45) is 0. The molecule has 0 heterocycles. The van der Waals surface area contributed by atoms with Crippen LogP contribution in [0.25, 0.3) is 0 Å². The van der Waals surface area contributed by atoms with E-state index < -0.39 is 15.7 Å². The molecule has 0 saturated carbocycles. The minimum atomic E-state index is -3.22. The number of alkyl halides is 1. The number of benzene rings is 1. The highest BCUT2D eigenvalue weighted by Gasteiger charge is 2.12. The number of nitrogens with one attached hydrogen (secondary N) is 1. The molecule has 0 fully saturated rings. The fourth-order valence-electron chi connectivity index (χ4n) is 1.33. The molecule has 0 aromatic heterocycles. The lowest BCUT2D eigenvalue weighted by molar-refractivity contribution is 0.0956. The molecular formula is C11H15Cl3N2O3S. The van der Waals surface area contributed by atoms with Crippen molar-refractivity contribution >= 4 is 57.0 Å². The average Bonchev–Trinajstić information content (AvgIpc) is 2.32. The average molecular weight is 362 g/mol. The number of amides is 1. The van der Waals surface area contributed by atoms with E-state index in [9.17, 15) is 13.2 Å². The summed E-state index contributed by atoms with van der Waals surface area (Å²) < 4.78 is 22.7. The first kappa shape index (κ1) is 19.3. The second kappa shape index (κ2) is 8.56. The second-order valence-corrected chi connectivity index (χ2v) is 6.92. The van der Waals surface area contributed by atoms with Crippen LogP contribution in [-0.4, -0.2) is 38.3 Å². The number of halogens is 3. The van der Waals surface area contributed by atoms with E-state index >= 15 is 0 Å². The van der Waals surface area contributed by atoms with E-state index in [0.717, 1.165) is 0 Å². The molecule has 0 unspecified atom stereocenters. The van der Waals surface area contributed by atoms with Crippen molar-refractivity contribution in [1.29, 1.82) is 0 Å². The fraction of sp³-hybridized carbons (Fsp3) is 0.364. The predicted molar refractivity (Wildman–Crippen MR) is 84.8 cm³/mol. The molecule has 0 saturated heterocycles. The number of carbonyl (C=O) groups excluding carboxylic acids is 1. The first-order chi connectivity index (χ1) is 8.85. The third-order valence-electron chi connectivity index (χ3n) is 2.34. The number of hydrogen-bond donors (Lipinski definition) is 2. The van der Waals surface area contributed by atoms with E-state index in [4.69, 9.17) is 28.9 Å². The van der Waals surface area contributed by atoms with E-state index in [2.05, 4.69) is 5.32 Å². The monoisotopic (exact) mass is 360 g/mol. The van der Waals surface area contributed by atoms with Crippen LogP contribution in [-0.2, 0) is 9.84 Å². The number of sulfone groups is 1. The lowest BCUT2D eigenvalue weighted by Gasteiger charge is -2.07. The molecule has 5 nitrogen and oxygen atoms in total. The van der Waals surface area contributed by atoms with E-state index in [-0.39, 0.29) is 36.3 Å². The fourth-order valence-corrected chi connectivity index (χ4v) is 3.00. The molecule has 20 heavy (non-hydrogen) atoms.